The van der Waals surface area contributed by atoms with Crippen molar-refractivity contribution >= 4 is 27.3 Å². The van der Waals surface area contributed by atoms with Gasteiger partial charge in [-0.15, -0.1) is 0 Å². The molecule has 0 unspecified atom stereocenters. The second kappa shape index (κ2) is 6.07. The van der Waals surface area contributed by atoms with E-state index < -0.39 is 10.5 Å². The molecule has 0 saturated carbocycles. The minimum atomic E-state index is -0.858. The van der Waals surface area contributed by atoms with E-state index in [4.69, 9.17) is 4.74 Å². The van der Waals surface area contributed by atoms with E-state index in [1.807, 2.05) is 0 Å². The molecule has 7 heteroatoms. The summed E-state index contributed by atoms with van der Waals surface area (Å²) in [6.45, 7) is 1.38. The van der Waals surface area contributed by atoms with Gasteiger partial charge in [-0.2, -0.15) is 0 Å². The zero-order chi connectivity index (χ0) is 14.8. The minimum Gasteiger partial charge on any atom is -0.388 e. The van der Waals surface area contributed by atoms with E-state index in [0.717, 1.165) is 4.47 Å². The Balaban J connectivity index is 2.21. The third kappa shape index (κ3) is 3.47. The first-order valence-electron chi connectivity index (χ1n) is 6.36. The third-order valence-electron chi connectivity index (χ3n) is 3.50. The van der Waals surface area contributed by atoms with Crippen molar-refractivity contribution in [2.45, 2.75) is 18.4 Å². The minimum absolute atomic E-state index is 0.0337. The maximum absolute atomic E-state index is 11.1. The number of halogens is 1. The van der Waals surface area contributed by atoms with Crippen LogP contribution in [-0.2, 0) is 4.74 Å². The predicted molar refractivity (Wildman–Crippen MR) is 79.1 cm³/mol. The Kier molecular flexibility index (Phi) is 4.62. The highest BCUT2D eigenvalue weighted by Gasteiger charge is 2.32. The van der Waals surface area contributed by atoms with Crippen LogP contribution < -0.4 is 4.90 Å². The van der Waals surface area contributed by atoms with Crippen LogP contribution in [0.3, 0.4) is 0 Å². The van der Waals surface area contributed by atoms with E-state index >= 15 is 0 Å². The molecule has 1 aromatic rings. The van der Waals surface area contributed by atoms with Crippen LogP contribution in [0.4, 0.5) is 11.4 Å². The molecule has 0 bridgehead atoms. The fourth-order valence-corrected chi connectivity index (χ4v) is 2.74. The molecule has 0 amide bonds. The normalized spacial score (nSPS) is 17.8. The Labute approximate surface area is 125 Å². The van der Waals surface area contributed by atoms with Crippen LogP contribution in [0.15, 0.2) is 22.7 Å². The first-order chi connectivity index (χ1) is 9.41. The van der Waals surface area contributed by atoms with Gasteiger partial charge in [-0.25, -0.2) is 0 Å². The lowest BCUT2D eigenvalue weighted by atomic mass is 9.93. The number of nitro groups is 1. The summed E-state index contributed by atoms with van der Waals surface area (Å²) in [6, 6.07) is 4.80. The lowest BCUT2D eigenvalue weighted by molar-refractivity contribution is -0.384. The van der Waals surface area contributed by atoms with E-state index in [1.54, 1.807) is 24.1 Å². The van der Waals surface area contributed by atoms with Crippen LogP contribution in [0.5, 0.6) is 0 Å². The first kappa shape index (κ1) is 15.2. The highest BCUT2D eigenvalue weighted by molar-refractivity contribution is 9.10. The van der Waals surface area contributed by atoms with Gasteiger partial charge < -0.3 is 14.7 Å². The summed E-state index contributed by atoms with van der Waals surface area (Å²) in [4.78, 5) is 12.4. The van der Waals surface area contributed by atoms with Crippen molar-refractivity contribution in [3.05, 3.63) is 32.8 Å². The van der Waals surface area contributed by atoms with E-state index in [0.29, 0.717) is 38.3 Å². The number of aliphatic hydroxyl groups is 1. The first-order valence-corrected chi connectivity index (χ1v) is 7.16. The van der Waals surface area contributed by atoms with Crippen molar-refractivity contribution in [1.82, 2.24) is 0 Å². The van der Waals surface area contributed by atoms with E-state index in [-0.39, 0.29) is 5.69 Å². The molecule has 2 rings (SSSR count). The van der Waals surface area contributed by atoms with Gasteiger partial charge in [0, 0.05) is 50.2 Å². The Morgan fingerprint density at radius 3 is 2.75 bits per heavy atom. The van der Waals surface area contributed by atoms with Gasteiger partial charge >= 0.3 is 0 Å². The van der Waals surface area contributed by atoms with Crippen LogP contribution in [-0.4, -0.2) is 42.4 Å². The number of nitro benzene ring substituents is 1. The third-order valence-corrected chi connectivity index (χ3v) is 3.99. The summed E-state index contributed by atoms with van der Waals surface area (Å²) in [5.41, 5.74) is -0.334. The zero-order valence-electron chi connectivity index (χ0n) is 11.2. The Hall–Kier alpha value is -1.18. The monoisotopic (exact) mass is 344 g/mol. The molecule has 0 aromatic heterocycles. The average Bonchev–Trinajstić information content (AvgIpc) is 2.38. The van der Waals surface area contributed by atoms with Gasteiger partial charge in [-0.05, 0) is 12.1 Å². The molecular weight excluding hydrogens is 328 g/mol. The molecule has 1 aliphatic heterocycles. The van der Waals surface area contributed by atoms with E-state index in [9.17, 15) is 15.2 Å². The van der Waals surface area contributed by atoms with Crippen molar-refractivity contribution < 1.29 is 14.8 Å². The van der Waals surface area contributed by atoms with E-state index in [2.05, 4.69) is 15.9 Å². The van der Waals surface area contributed by atoms with Crippen LogP contribution in [0, 0.1) is 10.1 Å². The predicted octanol–water partition coefficient (Wildman–Crippen LogP) is 2.33. The lowest BCUT2D eigenvalue weighted by Crippen LogP contribution is -2.45. The second-order valence-electron chi connectivity index (χ2n) is 5.08. The summed E-state index contributed by atoms with van der Waals surface area (Å²) in [6.07, 6.45) is 1.08. The standard InChI is InChI=1S/C13H17BrN2O4/c1-15(9-13(17)4-6-20-7-5-13)12-8-10(14)2-3-11(12)16(18)19/h2-3,8,17H,4-7,9H2,1H3. The van der Waals surface area contributed by atoms with Crippen LogP contribution in [0.25, 0.3) is 0 Å². The highest BCUT2D eigenvalue weighted by atomic mass is 79.9. The van der Waals surface area contributed by atoms with Crippen LogP contribution >= 0.6 is 15.9 Å². The number of anilines is 1. The fourth-order valence-electron chi connectivity index (χ4n) is 2.39. The molecule has 6 nitrogen and oxygen atoms in total. The summed E-state index contributed by atoms with van der Waals surface area (Å²) in [5.74, 6) is 0. The lowest BCUT2D eigenvalue weighted by Gasteiger charge is -2.36. The number of hydrogen-bond donors (Lipinski definition) is 1. The maximum atomic E-state index is 11.1. The SMILES string of the molecule is CN(CC1(O)CCOCC1)c1cc(Br)ccc1[N+](=O)[O-]. The smallest absolute Gasteiger partial charge is 0.292 e. The number of rotatable bonds is 4. The number of benzene rings is 1. The van der Waals surface area contributed by atoms with Crippen LogP contribution in [0.1, 0.15) is 12.8 Å². The van der Waals surface area contributed by atoms with Crippen molar-refractivity contribution in [3.8, 4) is 0 Å². The van der Waals surface area contributed by atoms with Crippen molar-refractivity contribution in [3.63, 3.8) is 0 Å². The topological polar surface area (TPSA) is 75.8 Å². The number of ether oxygens (including phenoxy) is 1. The molecule has 1 aromatic carbocycles. The van der Waals surface area contributed by atoms with Crippen molar-refractivity contribution in [2.24, 2.45) is 0 Å². The molecule has 0 spiro atoms. The number of nitrogens with zero attached hydrogens (tertiary/aromatic N) is 2. The Morgan fingerprint density at radius 1 is 1.50 bits per heavy atom. The van der Waals surface area contributed by atoms with Crippen LogP contribution in [0.2, 0.25) is 0 Å². The summed E-state index contributed by atoms with van der Waals surface area (Å²) < 4.78 is 6.01. The number of likely N-dealkylation sites (N-methyl/N-ethyl adjacent to an activating group) is 1. The Morgan fingerprint density at radius 2 is 2.15 bits per heavy atom. The molecule has 0 atom stereocenters. The molecule has 20 heavy (non-hydrogen) atoms. The fraction of sp³-hybridized carbons (Fsp3) is 0.538. The second-order valence-corrected chi connectivity index (χ2v) is 6.00. The average molecular weight is 345 g/mol. The quantitative estimate of drug-likeness (QED) is 0.670. The van der Waals surface area contributed by atoms with Gasteiger partial charge in [-0.3, -0.25) is 10.1 Å². The van der Waals surface area contributed by atoms with E-state index in [1.165, 1.54) is 6.07 Å². The molecule has 110 valence electrons. The molecule has 1 N–H and O–H groups in total. The Bertz CT molecular complexity index is 503. The largest absolute Gasteiger partial charge is 0.388 e. The highest BCUT2D eigenvalue weighted by Crippen LogP contribution is 2.32. The van der Waals surface area contributed by atoms with Gasteiger partial charge in [0.05, 0.1) is 10.5 Å². The van der Waals surface area contributed by atoms with Crippen molar-refractivity contribution in [1.29, 1.82) is 0 Å². The molecule has 1 heterocycles. The summed E-state index contributed by atoms with van der Waals surface area (Å²) in [5, 5.41) is 21.6. The molecule has 0 aliphatic carbocycles. The summed E-state index contributed by atoms with van der Waals surface area (Å²) in [7, 11) is 1.75. The van der Waals surface area contributed by atoms with Gasteiger partial charge in [0.2, 0.25) is 0 Å². The number of hydrogen-bond acceptors (Lipinski definition) is 5. The summed E-state index contributed by atoms with van der Waals surface area (Å²) >= 11 is 3.32. The molecular formula is C13H17BrN2O4. The van der Waals surface area contributed by atoms with Gasteiger partial charge in [0.1, 0.15) is 5.69 Å². The molecule has 1 aliphatic rings. The van der Waals surface area contributed by atoms with Crippen molar-refractivity contribution in [2.75, 3.05) is 31.7 Å². The molecule has 1 fully saturated rings. The zero-order valence-corrected chi connectivity index (χ0v) is 12.8. The maximum Gasteiger partial charge on any atom is 0.292 e. The van der Waals surface area contributed by atoms with Gasteiger partial charge in [-0.1, -0.05) is 15.9 Å². The van der Waals surface area contributed by atoms with Gasteiger partial charge in [0.15, 0.2) is 0 Å². The van der Waals surface area contributed by atoms with Gasteiger partial charge in [0.25, 0.3) is 5.69 Å². The molecule has 1 saturated heterocycles. The molecule has 0 radical (unpaired) electrons.